The van der Waals surface area contributed by atoms with Gasteiger partial charge in [0.1, 0.15) is 11.6 Å². The van der Waals surface area contributed by atoms with E-state index >= 15 is 0 Å². The van der Waals surface area contributed by atoms with Gasteiger partial charge in [-0.2, -0.15) is 0 Å². The molecule has 3 nitrogen and oxygen atoms in total. The van der Waals surface area contributed by atoms with Crippen molar-refractivity contribution in [2.24, 2.45) is 5.73 Å². The van der Waals surface area contributed by atoms with Gasteiger partial charge < -0.3 is 15.9 Å². The van der Waals surface area contributed by atoms with Crippen molar-refractivity contribution >= 4 is 0 Å². The quantitative estimate of drug-likeness (QED) is 0.665. The summed E-state index contributed by atoms with van der Waals surface area (Å²) in [6.07, 6.45) is 0. The predicted molar refractivity (Wildman–Crippen MR) is 51.4 cm³/mol. The molecule has 1 aromatic rings. The van der Waals surface area contributed by atoms with Crippen LogP contribution in [0.3, 0.4) is 0 Å². The van der Waals surface area contributed by atoms with Crippen molar-refractivity contribution in [3.05, 3.63) is 29.1 Å². The van der Waals surface area contributed by atoms with Crippen molar-refractivity contribution < 1.29 is 14.6 Å². The fourth-order valence-corrected chi connectivity index (χ4v) is 1.22. The second-order valence-corrected chi connectivity index (χ2v) is 3.64. The number of hydrogen-bond donors (Lipinski definition) is 3. The Morgan fingerprint density at radius 2 is 2.07 bits per heavy atom. The summed E-state index contributed by atoms with van der Waals surface area (Å²) in [6.45, 7) is 2.71. The van der Waals surface area contributed by atoms with Gasteiger partial charge in [0.15, 0.2) is 0 Å². The van der Waals surface area contributed by atoms with Crippen LogP contribution >= 0.6 is 0 Å². The molecular weight excluding hydrogens is 185 g/mol. The van der Waals surface area contributed by atoms with E-state index in [4.69, 9.17) is 10.8 Å². The Morgan fingerprint density at radius 3 is 2.57 bits per heavy atom. The highest BCUT2D eigenvalue weighted by molar-refractivity contribution is 5.44. The van der Waals surface area contributed by atoms with Crippen LogP contribution in [0.25, 0.3) is 0 Å². The molecule has 0 radical (unpaired) electrons. The lowest BCUT2D eigenvalue weighted by atomic mass is 9.91. The van der Waals surface area contributed by atoms with E-state index < -0.39 is 11.4 Å². The average molecular weight is 199 g/mol. The van der Waals surface area contributed by atoms with Crippen LogP contribution in [0.1, 0.15) is 18.1 Å². The Bertz CT molecular complexity index is 350. The highest BCUT2D eigenvalue weighted by Gasteiger charge is 2.25. The molecule has 78 valence electrons. The molecule has 0 unspecified atom stereocenters. The predicted octanol–water partition coefficient (Wildman–Crippen LogP) is 1.01. The number of benzene rings is 1. The van der Waals surface area contributed by atoms with Crippen molar-refractivity contribution in [2.75, 3.05) is 6.61 Å². The molecule has 4 heteroatoms. The summed E-state index contributed by atoms with van der Waals surface area (Å²) in [5.74, 6) is -0.677. The van der Waals surface area contributed by atoms with Gasteiger partial charge in [-0.15, -0.1) is 0 Å². The summed E-state index contributed by atoms with van der Waals surface area (Å²) in [5.41, 5.74) is 5.16. The van der Waals surface area contributed by atoms with Gasteiger partial charge in [-0.05, 0) is 19.9 Å². The molecule has 4 N–H and O–H groups in total. The molecule has 0 amide bonds. The summed E-state index contributed by atoms with van der Waals surface area (Å²) < 4.78 is 13.0. The third-order valence-corrected chi connectivity index (χ3v) is 2.31. The zero-order valence-corrected chi connectivity index (χ0v) is 8.21. The van der Waals surface area contributed by atoms with E-state index in [9.17, 15) is 9.50 Å². The molecule has 0 aliphatic heterocycles. The molecule has 0 aromatic heterocycles. The molecule has 1 aromatic carbocycles. The number of halogens is 1. The minimum atomic E-state index is -1.05. The zero-order chi connectivity index (χ0) is 10.9. The molecule has 1 atom stereocenters. The minimum Gasteiger partial charge on any atom is -0.507 e. The van der Waals surface area contributed by atoms with Crippen LogP contribution in [0.15, 0.2) is 12.1 Å². The summed E-state index contributed by atoms with van der Waals surface area (Å²) >= 11 is 0. The zero-order valence-electron chi connectivity index (χ0n) is 8.21. The molecule has 0 saturated heterocycles. The third-order valence-electron chi connectivity index (χ3n) is 2.31. The van der Waals surface area contributed by atoms with E-state index in [-0.39, 0.29) is 17.9 Å². The van der Waals surface area contributed by atoms with Crippen molar-refractivity contribution in [2.45, 2.75) is 19.4 Å². The first-order chi connectivity index (χ1) is 6.40. The largest absolute Gasteiger partial charge is 0.507 e. The van der Waals surface area contributed by atoms with Gasteiger partial charge in [0.05, 0.1) is 12.1 Å². The molecule has 0 bridgehead atoms. The third kappa shape index (κ3) is 1.71. The molecule has 0 spiro atoms. The minimum absolute atomic E-state index is 0.146. The SMILES string of the molecule is Cc1c(F)ccc([C@](C)(N)CO)c1O. The number of nitrogens with two attached hydrogens (primary N) is 1. The van der Waals surface area contributed by atoms with Crippen LogP contribution in [0.2, 0.25) is 0 Å². The fourth-order valence-electron chi connectivity index (χ4n) is 1.22. The number of phenols is 1. The Labute approximate surface area is 82.0 Å². The van der Waals surface area contributed by atoms with Gasteiger partial charge in [-0.25, -0.2) is 4.39 Å². The van der Waals surface area contributed by atoms with E-state index in [1.807, 2.05) is 0 Å². The van der Waals surface area contributed by atoms with E-state index in [2.05, 4.69) is 0 Å². The maximum Gasteiger partial charge on any atom is 0.129 e. The van der Waals surface area contributed by atoms with Gasteiger partial charge in [0, 0.05) is 11.1 Å². The van der Waals surface area contributed by atoms with E-state index in [1.54, 1.807) is 6.92 Å². The highest BCUT2D eigenvalue weighted by atomic mass is 19.1. The second kappa shape index (κ2) is 3.55. The highest BCUT2D eigenvalue weighted by Crippen LogP contribution is 2.31. The topological polar surface area (TPSA) is 66.5 Å². The normalized spacial score (nSPS) is 15.2. The van der Waals surface area contributed by atoms with Crippen molar-refractivity contribution in [1.82, 2.24) is 0 Å². The van der Waals surface area contributed by atoms with Crippen LogP contribution in [0.5, 0.6) is 5.75 Å². The van der Waals surface area contributed by atoms with Crippen LogP contribution in [0.4, 0.5) is 4.39 Å². The van der Waals surface area contributed by atoms with Crippen molar-refractivity contribution in [3.63, 3.8) is 0 Å². The van der Waals surface area contributed by atoms with Crippen LogP contribution in [0, 0.1) is 12.7 Å². The van der Waals surface area contributed by atoms with E-state index in [1.165, 1.54) is 19.1 Å². The summed E-state index contributed by atoms with van der Waals surface area (Å²) in [4.78, 5) is 0. The fraction of sp³-hybridized carbons (Fsp3) is 0.400. The lowest BCUT2D eigenvalue weighted by molar-refractivity contribution is 0.206. The van der Waals surface area contributed by atoms with Gasteiger partial charge in [0.2, 0.25) is 0 Å². The lowest BCUT2D eigenvalue weighted by Gasteiger charge is -2.24. The van der Waals surface area contributed by atoms with Crippen LogP contribution in [-0.2, 0) is 5.54 Å². The Kier molecular flexibility index (Phi) is 2.78. The Balaban J connectivity index is 3.31. The monoisotopic (exact) mass is 199 g/mol. The number of aliphatic hydroxyl groups is 1. The van der Waals surface area contributed by atoms with Gasteiger partial charge >= 0.3 is 0 Å². The van der Waals surface area contributed by atoms with Crippen LogP contribution < -0.4 is 5.73 Å². The molecule has 0 aliphatic carbocycles. The summed E-state index contributed by atoms with van der Waals surface area (Å²) in [5, 5.41) is 18.6. The lowest BCUT2D eigenvalue weighted by Crippen LogP contribution is -2.37. The first-order valence-corrected chi connectivity index (χ1v) is 4.28. The second-order valence-electron chi connectivity index (χ2n) is 3.64. The maximum absolute atomic E-state index is 13.0. The first kappa shape index (κ1) is 10.9. The first-order valence-electron chi connectivity index (χ1n) is 4.28. The molecule has 14 heavy (non-hydrogen) atoms. The summed E-state index contributed by atoms with van der Waals surface area (Å²) in [6, 6.07) is 2.61. The van der Waals surface area contributed by atoms with Crippen LogP contribution in [-0.4, -0.2) is 16.8 Å². The van der Waals surface area contributed by atoms with E-state index in [0.29, 0.717) is 5.56 Å². The number of rotatable bonds is 2. The number of aromatic hydroxyl groups is 1. The molecule has 0 fully saturated rings. The number of hydrogen-bond acceptors (Lipinski definition) is 3. The van der Waals surface area contributed by atoms with Gasteiger partial charge in [-0.1, -0.05) is 6.07 Å². The molecule has 1 rings (SSSR count). The number of phenolic OH excluding ortho intramolecular Hbond substituents is 1. The molecule has 0 heterocycles. The number of aliphatic hydroxyl groups excluding tert-OH is 1. The van der Waals surface area contributed by atoms with Gasteiger partial charge in [0.25, 0.3) is 0 Å². The standard InChI is InChI=1S/C10H14FNO2/c1-6-8(11)4-3-7(9(6)14)10(2,12)5-13/h3-4,13-14H,5,12H2,1-2H3/t10-/m1/s1. The maximum atomic E-state index is 13.0. The van der Waals surface area contributed by atoms with Gasteiger partial charge in [-0.3, -0.25) is 0 Å². The molecular formula is C10H14FNO2. The van der Waals surface area contributed by atoms with Crippen molar-refractivity contribution in [3.8, 4) is 5.75 Å². The van der Waals surface area contributed by atoms with E-state index in [0.717, 1.165) is 0 Å². The Hall–Kier alpha value is -1.13. The smallest absolute Gasteiger partial charge is 0.129 e. The van der Waals surface area contributed by atoms with Crippen molar-refractivity contribution in [1.29, 1.82) is 0 Å². The average Bonchev–Trinajstić information content (AvgIpc) is 2.14. The molecule has 0 aliphatic rings. The Morgan fingerprint density at radius 1 is 1.50 bits per heavy atom. The molecule has 0 saturated carbocycles. The summed E-state index contributed by atoms with van der Waals surface area (Å²) in [7, 11) is 0.